The molecule has 40 valence electrons. The Morgan fingerprint density at radius 3 is 1.57 bits per heavy atom. The molecule has 0 bridgehead atoms. The van der Waals surface area contributed by atoms with E-state index in [2.05, 4.69) is 20.8 Å². The van der Waals surface area contributed by atoms with Crippen molar-refractivity contribution < 1.29 is 35.4 Å². The molecule has 3 heteroatoms. The van der Waals surface area contributed by atoms with Gasteiger partial charge in [0, 0.05) is 5.60 Å². The van der Waals surface area contributed by atoms with Crippen LogP contribution in [0.15, 0.2) is 0 Å². The SMILES string of the molecule is CC(C)(C)O[SiH3].[H-].[Na+]. The van der Waals surface area contributed by atoms with Gasteiger partial charge in [0.2, 0.25) is 0 Å². The van der Waals surface area contributed by atoms with Gasteiger partial charge in [-0.15, -0.1) is 0 Å². The Bertz CT molecular complexity index is 45.8. The first-order chi connectivity index (χ1) is 2.56. The van der Waals surface area contributed by atoms with Gasteiger partial charge in [0.05, 0.1) is 0 Å². The van der Waals surface area contributed by atoms with E-state index >= 15 is 0 Å². The van der Waals surface area contributed by atoms with Crippen molar-refractivity contribution in [3.8, 4) is 0 Å². The molecule has 0 unspecified atom stereocenters. The third-order valence-electron chi connectivity index (χ3n) is 0.612. The van der Waals surface area contributed by atoms with Gasteiger partial charge in [0.15, 0.2) is 0 Å². The summed E-state index contributed by atoms with van der Waals surface area (Å²) in [6, 6.07) is 0. The zero-order chi connectivity index (χ0) is 5.21. The van der Waals surface area contributed by atoms with Gasteiger partial charge in [-0.2, -0.15) is 0 Å². The molecule has 0 aromatic heterocycles. The molecule has 0 heterocycles. The number of rotatable bonds is 0. The number of hydrogen-bond donors (Lipinski definition) is 0. The summed E-state index contributed by atoms with van der Waals surface area (Å²) in [4.78, 5) is 0. The van der Waals surface area contributed by atoms with Crippen molar-refractivity contribution in [3.63, 3.8) is 0 Å². The largest absolute Gasteiger partial charge is 1.00 e. The molecule has 7 heavy (non-hydrogen) atoms. The predicted octanol–water partition coefficient (Wildman–Crippen LogP) is -2.80. The third kappa shape index (κ3) is 11.0. The van der Waals surface area contributed by atoms with Gasteiger partial charge in [-0.3, -0.25) is 0 Å². The molecule has 0 aromatic rings. The normalized spacial score (nSPS) is 10.7. The minimum Gasteiger partial charge on any atom is -1.00 e. The molecule has 0 fully saturated rings. The van der Waals surface area contributed by atoms with Gasteiger partial charge < -0.3 is 5.85 Å². The molecule has 0 rings (SSSR count). The van der Waals surface area contributed by atoms with Crippen LogP contribution < -0.4 is 29.6 Å². The van der Waals surface area contributed by atoms with Crippen LogP contribution in [-0.4, -0.2) is 16.1 Å². The second-order valence-electron chi connectivity index (χ2n) is 2.32. The average Bonchev–Trinajstić information content (AvgIpc) is 1.35. The maximum absolute atomic E-state index is 5.08. The molecule has 0 spiro atoms. The van der Waals surface area contributed by atoms with E-state index in [0.717, 1.165) is 10.5 Å². The Morgan fingerprint density at radius 1 is 1.43 bits per heavy atom. The summed E-state index contributed by atoms with van der Waals surface area (Å²) >= 11 is 0. The van der Waals surface area contributed by atoms with Gasteiger partial charge in [-0.25, -0.2) is 0 Å². The van der Waals surface area contributed by atoms with Crippen LogP contribution in [-0.2, 0) is 4.43 Å². The van der Waals surface area contributed by atoms with Crippen molar-refractivity contribution in [2.45, 2.75) is 26.4 Å². The second-order valence-corrected chi connectivity index (χ2v) is 2.72. The van der Waals surface area contributed by atoms with Crippen LogP contribution in [0.5, 0.6) is 0 Å². The van der Waals surface area contributed by atoms with E-state index in [1.165, 1.54) is 0 Å². The van der Waals surface area contributed by atoms with E-state index in [1.807, 2.05) is 0 Å². The first-order valence-electron chi connectivity index (χ1n) is 2.11. The summed E-state index contributed by atoms with van der Waals surface area (Å²) < 4.78 is 5.08. The van der Waals surface area contributed by atoms with E-state index in [-0.39, 0.29) is 36.6 Å². The number of hydrogen-bond acceptors (Lipinski definition) is 1. The van der Waals surface area contributed by atoms with Crippen LogP contribution in [0.3, 0.4) is 0 Å². The summed E-state index contributed by atoms with van der Waals surface area (Å²) in [6.45, 7) is 6.17. The van der Waals surface area contributed by atoms with Crippen molar-refractivity contribution in [1.29, 1.82) is 0 Å². The van der Waals surface area contributed by atoms with Gasteiger partial charge in [0.25, 0.3) is 0 Å². The first kappa shape index (κ1) is 11.0. The Morgan fingerprint density at radius 2 is 1.57 bits per heavy atom. The quantitative estimate of drug-likeness (QED) is 0.320. The van der Waals surface area contributed by atoms with Crippen LogP contribution in [0.2, 0.25) is 0 Å². The van der Waals surface area contributed by atoms with Crippen molar-refractivity contribution in [3.05, 3.63) is 0 Å². The average molecular weight is 128 g/mol. The summed E-state index contributed by atoms with van der Waals surface area (Å²) in [5, 5.41) is 0. The Balaban J connectivity index is -0.000000125. The molecule has 0 aliphatic carbocycles. The Kier molecular flexibility index (Phi) is 6.46. The zero-order valence-corrected chi connectivity index (χ0v) is 9.91. The van der Waals surface area contributed by atoms with Crippen LogP contribution >= 0.6 is 0 Å². The Labute approximate surface area is 72.1 Å². The van der Waals surface area contributed by atoms with E-state index in [9.17, 15) is 0 Å². The molecule has 0 saturated carbocycles. The molecular formula is C4H13NaOSi. The van der Waals surface area contributed by atoms with Crippen molar-refractivity contribution >= 4 is 10.5 Å². The predicted molar refractivity (Wildman–Crippen MR) is 31.9 cm³/mol. The van der Waals surface area contributed by atoms with Crippen LogP contribution in [0, 0.1) is 0 Å². The van der Waals surface area contributed by atoms with Crippen molar-refractivity contribution in [2.75, 3.05) is 0 Å². The van der Waals surface area contributed by atoms with Crippen molar-refractivity contribution in [1.82, 2.24) is 0 Å². The first-order valence-corrected chi connectivity index (χ1v) is 2.93. The topological polar surface area (TPSA) is 9.23 Å². The van der Waals surface area contributed by atoms with E-state index in [4.69, 9.17) is 4.43 Å². The second kappa shape index (κ2) is 4.10. The molecule has 0 amide bonds. The maximum atomic E-state index is 5.08. The molecule has 0 aliphatic rings. The Hall–Kier alpha value is 1.18. The molecule has 0 N–H and O–H groups in total. The molecule has 0 saturated heterocycles. The van der Waals surface area contributed by atoms with E-state index < -0.39 is 0 Å². The fraction of sp³-hybridized carbons (Fsp3) is 1.00. The van der Waals surface area contributed by atoms with Gasteiger partial charge in [-0.05, 0) is 20.8 Å². The van der Waals surface area contributed by atoms with Crippen LogP contribution in [0.4, 0.5) is 0 Å². The standard InChI is InChI=1S/C4H12OSi.Na.H/c1-4(2,3)5-6;;/h1-3,6H3;;/q;+1;-1. The fourth-order valence-electron chi connectivity index (χ4n) is 0. The minimum atomic E-state index is 0. The van der Waals surface area contributed by atoms with Crippen LogP contribution in [0.25, 0.3) is 0 Å². The smallest absolute Gasteiger partial charge is 1.00 e. The monoisotopic (exact) mass is 128 g/mol. The molecule has 0 aromatic carbocycles. The summed E-state index contributed by atoms with van der Waals surface area (Å²) in [5.41, 5.74) is 0.103. The third-order valence-corrected chi connectivity index (χ3v) is 1.84. The van der Waals surface area contributed by atoms with Gasteiger partial charge in [-0.1, -0.05) is 0 Å². The maximum Gasteiger partial charge on any atom is 1.00 e. The van der Waals surface area contributed by atoms with Crippen molar-refractivity contribution in [2.24, 2.45) is 0 Å². The molecule has 1 nitrogen and oxygen atoms in total. The summed E-state index contributed by atoms with van der Waals surface area (Å²) in [7, 11) is 0.848. The molecule has 0 radical (unpaired) electrons. The van der Waals surface area contributed by atoms with Gasteiger partial charge >= 0.3 is 29.6 Å². The summed E-state index contributed by atoms with van der Waals surface area (Å²) in [5.74, 6) is 0. The van der Waals surface area contributed by atoms with Gasteiger partial charge in [0.1, 0.15) is 10.5 Å². The molecule has 0 atom stereocenters. The minimum absolute atomic E-state index is 0. The summed E-state index contributed by atoms with van der Waals surface area (Å²) in [6.07, 6.45) is 0. The van der Waals surface area contributed by atoms with E-state index in [0.29, 0.717) is 0 Å². The fourth-order valence-corrected chi connectivity index (χ4v) is 0. The molecular weight excluding hydrogens is 115 g/mol. The van der Waals surface area contributed by atoms with E-state index in [1.54, 1.807) is 0 Å². The van der Waals surface area contributed by atoms with Crippen LogP contribution in [0.1, 0.15) is 22.2 Å². The zero-order valence-electron chi connectivity index (χ0n) is 6.91. The molecule has 0 aliphatic heterocycles.